The van der Waals surface area contributed by atoms with Crippen molar-refractivity contribution >= 4 is 17.5 Å². The Morgan fingerprint density at radius 1 is 1.19 bits per heavy atom. The molecule has 0 radical (unpaired) electrons. The van der Waals surface area contributed by atoms with Gasteiger partial charge < -0.3 is 14.5 Å². The molecular formula is C21H17N5O5. The Morgan fingerprint density at radius 2 is 2.03 bits per heavy atom. The fraction of sp³-hybridized carbons (Fsp3) is 0.0952. The predicted molar refractivity (Wildman–Crippen MR) is 111 cm³/mol. The van der Waals surface area contributed by atoms with E-state index in [1.807, 2.05) is 0 Å². The molecule has 0 unspecified atom stereocenters. The normalized spacial score (nSPS) is 10.6. The van der Waals surface area contributed by atoms with Gasteiger partial charge in [0.05, 0.1) is 18.3 Å². The first-order valence-corrected chi connectivity index (χ1v) is 9.22. The second-order valence-corrected chi connectivity index (χ2v) is 6.47. The minimum absolute atomic E-state index is 0.0236. The molecule has 31 heavy (non-hydrogen) atoms. The zero-order valence-electron chi connectivity index (χ0n) is 16.4. The second-order valence-electron chi connectivity index (χ2n) is 6.47. The molecule has 0 aliphatic carbocycles. The van der Waals surface area contributed by atoms with Gasteiger partial charge in [-0.05, 0) is 35.9 Å². The predicted octanol–water partition coefficient (Wildman–Crippen LogP) is 3.76. The number of carbonyl (C=O) groups excluding carboxylic acids is 1. The van der Waals surface area contributed by atoms with Crippen LogP contribution in [0.5, 0.6) is 5.75 Å². The number of ether oxygens (including phenoxy) is 1. The van der Waals surface area contributed by atoms with E-state index in [1.54, 1.807) is 48.5 Å². The number of furan rings is 1. The van der Waals surface area contributed by atoms with Crippen LogP contribution in [-0.4, -0.2) is 32.7 Å². The highest BCUT2D eigenvalue weighted by atomic mass is 16.6. The molecule has 2 heterocycles. The van der Waals surface area contributed by atoms with Gasteiger partial charge in [0.25, 0.3) is 11.6 Å². The van der Waals surface area contributed by atoms with Gasteiger partial charge in [-0.25, -0.2) is 0 Å². The fourth-order valence-corrected chi connectivity index (χ4v) is 2.92. The van der Waals surface area contributed by atoms with E-state index < -0.39 is 10.8 Å². The zero-order chi connectivity index (χ0) is 21.8. The van der Waals surface area contributed by atoms with Gasteiger partial charge in [-0.15, -0.1) is 5.10 Å². The van der Waals surface area contributed by atoms with Crippen molar-refractivity contribution in [3.05, 3.63) is 88.2 Å². The summed E-state index contributed by atoms with van der Waals surface area (Å²) in [5, 5.41) is 18.3. The van der Waals surface area contributed by atoms with Crippen molar-refractivity contribution in [2.75, 3.05) is 12.4 Å². The molecule has 0 saturated carbocycles. The molecule has 2 aromatic carbocycles. The SMILES string of the molecule is COc1cccc(C(=O)n2nc(-c3ccco3)nc2NCc2cccc([N+](=O)[O-])c2)c1. The molecule has 0 spiro atoms. The molecule has 4 rings (SSSR count). The van der Waals surface area contributed by atoms with Crippen molar-refractivity contribution in [1.82, 2.24) is 14.8 Å². The zero-order valence-corrected chi connectivity index (χ0v) is 16.4. The third-order valence-corrected chi connectivity index (χ3v) is 4.43. The van der Waals surface area contributed by atoms with Gasteiger partial charge in [-0.2, -0.15) is 9.67 Å². The topological polar surface area (TPSA) is 125 Å². The van der Waals surface area contributed by atoms with Crippen molar-refractivity contribution in [2.45, 2.75) is 6.54 Å². The van der Waals surface area contributed by atoms with Gasteiger partial charge in [0.2, 0.25) is 11.8 Å². The number of rotatable bonds is 7. The Labute approximate surface area is 176 Å². The van der Waals surface area contributed by atoms with E-state index in [9.17, 15) is 14.9 Å². The van der Waals surface area contributed by atoms with Gasteiger partial charge in [0.15, 0.2) is 5.76 Å². The van der Waals surface area contributed by atoms with Crippen LogP contribution in [0.15, 0.2) is 71.3 Å². The quantitative estimate of drug-likeness (QED) is 0.355. The van der Waals surface area contributed by atoms with Gasteiger partial charge in [0, 0.05) is 24.2 Å². The minimum Gasteiger partial charge on any atom is -0.497 e. The number of hydrogen-bond donors (Lipinski definition) is 1. The van der Waals surface area contributed by atoms with Crippen LogP contribution in [0, 0.1) is 10.1 Å². The van der Waals surface area contributed by atoms with E-state index >= 15 is 0 Å². The van der Waals surface area contributed by atoms with Gasteiger partial charge in [0.1, 0.15) is 5.75 Å². The van der Waals surface area contributed by atoms with Gasteiger partial charge in [-0.1, -0.05) is 18.2 Å². The highest BCUT2D eigenvalue weighted by Gasteiger charge is 2.20. The van der Waals surface area contributed by atoms with Crippen molar-refractivity contribution in [3.63, 3.8) is 0 Å². The Hall–Kier alpha value is -4.47. The molecule has 0 amide bonds. The van der Waals surface area contributed by atoms with Crippen molar-refractivity contribution < 1.29 is 18.9 Å². The summed E-state index contributed by atoms with van der Waals surface area (Å²) in [6, 6.07) is 16.2. The van der Waals surface area contributed by atoms with Gasteiger partial charge in [-0.3, -0.25) is 14.9 Å². The molecule has 1 N–H and O–H groups in total. The molecule has 4 aromatic rings. The van der Waals surface area contributed by atoms with Crippen LogP contribution in [-0.2, 0) is 6.54 Å². The molecule has 0 aliphatic heterocycles. The summed E-state index contributed by atoms with van der Waals surface area (Å²) in [5.74, 6) is 0.901. The standard InChI is InChI=1S/C21H17N5O5/c1-30-17-8-3-6-15(12-17)20(27)25-21(23-19(24-25)18-9-4-10-31-18)22-13-14-5-2-7-16(11-14)26(28)29/h2-12H,13H2,1H3,(H,22,23,24). The average Bonchev–Trinajstić information content (AvgIpc) is 3.47. The van der Waals surface area contributed by atoms with Crippen molar-refractivity contribution in [1.29, 1.82) is 0 Å². The molecular weight excluding hydrogens is 402 g/mol. The number of aromatic nitrogens is 3. The molecule has 0 bridgehead atoms. The lowest BCUT2D eigenvalue weighted by Crippen LogP contribution is -2.17. The Kier molecular flexibility index (Phi) is 5.43. The molecule has 10 heteroatoms. The van der Waals surface area contributed by atoms with Crippen LogP contribution < -0.4 is 10.1 Å². The molecule has 2 aromatic heterocycles. The number of nitro groups is 1. The highest BCUT2D eigenvalue weighted by molar-refractivity contribution is 5.97. The van der Waals surface area contributed by atoms with Crippen LogP contribution in [0.2, 0.25) is 0 Å². The molecule has 0 atom stereocenters. The largest absolute Gasteiger partial charge is 0.497 e. The monoisotopic (exact) mass is 419 g/mol. The lowest BCUT2D eigenvalue weighted by Gasteiger charge is -2.08. The third kappa shape index (κ3) is 4.27. The second kappa shape index (κ2) is 8.49. The van der Waals surface area contributed by atoms with E-state index in [-0.39, 0.29) is 24.0 Å². The summed E-state index contributed by atoms with van der Waals surface area (Å²) in [6.07, 6.45) is 1.48. The first kappa shape index (κ1) is 19.8. The number of hydrogen-bond acceptors (Lipinski definition) is 8. The van der Waals surface area contributed by atoms with Crippen LogP contribution >= 0.6 is 0 Å². The maximum atomic E-state index is 13.1. The maximum Gasteiger partial charge on any atom is 0.281 e. The van der Waals surface area contributed by atoms with E-state index in [0.29, 0.717) is 22.6 Å². The van der Waals surface area contributed by atoms with E-state index in [1.165, 1.54) is 25.5 Å². The Balaban J connectivity index is 1.66. The molecule has 0 saturated heterocycles. The summed E-state index contributed by atoms with van der Waals surface area (Å²) < 4.78 is 11.7. The third-order valence-electron chi connectivity index (χ3n) is 4.43. The molecule has 0 fully saturated rings. The number of nitrogens with one attached hydrogen (secondary N) is 1. The van der Waals surface area contributed by atoms with Crippen LogP contribution in [0.25, 0.3) is 11.6 Å². The summed E-state index contributed by atoms with van der Waals surface area (Å²) >= 11 is 0. The lowest BCUT2D eigenvalue weighted by atomic mass is 10.2. The summed E-state index contributed by atoms with van der Waals surface area (Å²) in [4.78, 5) is 28.0. The fourth-order valence-electron chi connectivity index (χ4n) is 2.92. The van der Waals surface area contributed by atoms with Crippen LogP contribution in [0.4, 0.5) is 11.6 Å². The number of carbonyl (C=O) groups is 1. The number of nitrogens with zero attached hydrogens (tertiary/aromatic N) is 4. The van der Waals surface area contributed by atoms with Crippen molar-refractivity contribution in [3.8, 4) is 17.3 Å². The maximum absolute atomic E-state index is 13.1. The number of benzene rings is 2. The number of anilines is 1. The summed E-state index contributed by atoms with van der Waals surface area (Å²) in [5.41, 5.74) is 0.982. The summed E-state index contributed by atoms with van der Waals surface area (Å²) in [7, 11) is 1.51. The van der Waals surface area contributed by atoms with E-state index in [2.05, 4.69) is 15.4 Å². The van der Waals surface area contributed by atoms with Gasteiger partial charge >= 0.3 is 0 Å². The molecule has 156 valence electrons. The first-order chi connectivity index (χ1) is 15.0. The van der Waals surface area contributed by atoms with Crippen molar-refractivity contribution in [2.24, 2.45) is 0 Å². The smallest absolute Gasteiger partial charge is 0.281 e. The number of methoxy groups -OCH3 is 1. The van der Waals surface area contributed by atoms with E-state index in [0.717, 1.165) is 4.68 Å². The number of nitro benzene ring substituents is 1. The Bertz CT molecular complexity index is 1230. The minimum atomic E-state index is -0.465. The molecule has 0 aliphatic rings. The van der Waals surface area contributed by atoms with Crippen LogP contribution in [0.1, 0.15) is 15.9 Å². The highest BCUT2D eigenvalue weighted by Crippen LogP contribution is 2.21. The summed E-state index contributed by atoms with van der Waals surface area (Å²) in [6.45, 7) is 0.198. The lowest BCUT2D eigenvalue weighted by molar-refractivity contribution is -0.384. The number of non-ortho nitro benzene ring substituents is 1. The average molecular weight is 419 g/mol. The Morgan fingerprint density at radius 3 is 2.77 bits per heavy atom. The van der Waals surface area contributed by atoms with E-state index in [4.69, 9.17) is 9.15 Å². The first-order valence-electron chi connectivity index (χ1n) is 9.22. The molecule has 10 nitrogen and oxygen atoms in total. The van der Waals surface area contributed by atoms with Crippen LogP contribution in [0.3, 0.4) is 0 Å².